The predicted octanol–water partition coefficient (Wildman–Crippen LogP) is 6.82. The molecule has 4 aromatic rings. The fourth-order valence-corrected chi connectivity index (χ4v) is 3.57. The molecule has 35 heavy (non-hydrogen) atoms. The van der Waals surface area contributed by atoms with Crippen LogP contribution in [0.4, 0.5) is 18.9 Å². The van der Waals surface area contributed by atoms with E-state index in [1.54, 1.807) is 18.2 Å². The molecule has 4 nitrogen and oxygen atoms in total. The van der Waals surface area contributed by atoms with Crippen molar-refractivity contribution in [3.63, 3.8) is 0 Å². The van der Waals surface area contributed by atoms with Crippen LogP contribution in [0.5, 0.6) is 5.75 Å². The molecule has 8 heteroatoms. The van der Waals surface area contributed by atoms with Crippen molar-refractivity contribution >= 4 is 29.2 Å². The van der Waals surface area contributed by atoms with Gasteiger partial charge in [-0.25, -0.2) is 13.2 Å². The van der Waals surface area contributed by atoms with E-state index >= 15 is 0 Å². The van der Waals surface area contributed by atoms with E-state index in [0.29, 0.717) is 16.3 Å². The highest BCUT2D eigenvalue weighted by Crippen LogP contribution is 2.30. The van der Waals surface area contributed by atoms with E-state index in [9.17, 15) is 22.8 Å². The summed E-state index contributed by atoms with van der Waals surface area (Å²) < 4.78 is 46.3. The molecule has 0 aliphatic heterocycles. The van der Waals surface area contributed by atoms with Gasteiger partial charge in [0.2, 0.25) is 0 Å². The van der Waals surface area contributed by atoms with Gasteiger partial charge in [0.1, 0.15) is 23.2 Å². The van der Waals surface area contributed by atoms with Crippen LogP contribution >= 0.6 is 11.6 Å². The number of ether oxygens (including phenoxy) is 1. The first-order valence-electron chi connectivity index (χ1n) is 10.4. The highest BCUT2D eigenvalue weighted by molar-refractivity contribution is 6.31. The second-order valence-electron chi connectivity index (χ2n) is 7.58. The second-order valence-corrected chi connectivity index (χ2v) is 8.01. The normalized spacial score (nSPS) is 10.6. The van der Waals surface area contributed by atoms with Crippen LogP contribution in [0.3, 0.4) is 0 Å². The number of halogens is 4. The molecule has 0 aliphatic rings. The Morgan fingerprint density at radius 2 is 1.57 bits per heavy atom. The first-order valence-corrected chi connectivity index (χ1v) is 10.8. The zero-order valence-electron chi connectivity index (χ0n) is 18.0. The number of carbonyl (C=O) groups is 2. The maximum Gasteiger partial charge on any atom is 0.315 e. The molecule has 0 fully saturated rings. The Morgan fingerprint density at radius 1 is 0.829 bits per heavy atom. The molecule has 0 unspecified atom stereocenters. The molecule has 1 N–H and O–H groups in total. The number of hydrogen-bond acceptors (Lipinski definition) is 3. The van der Waals surface area contributed by atoms with Crippen LogP contribution in [0.15, 0.2) is 84.9 Å². The quantitative estimate of drug-likeness (QED) is 0.236. The SMILES string of the molecule is O=C(Cc1ccc(F)cc1)Oc1ccc(-c2ccc(F)cc2F)cc1C(=O)Nc1cccc(Cl)c1. The topological polar surface area (TPSA) is 55.4 Å². The van der Waals surface area contributed by atoms with Crippen LogP contribution in [-0.4, -0.2) is 11.9 Å². The lowest BCUT2D eigenvalue weighted by Crippen LogP contribution is -2.17. The summed E-state index contributed by atoms with van der Waals surface area (Å²) >= 11 is 5.98. The Kier molecular flexibility index (Phi) is 7.17. The maximum atomic E-state index is 14.4. The number of amides is 1. The number of anilines is 1. The number of esters is 1. The van der Waals surface area contributed by atoms with Crippen molar-refractivity contribution in [3.05, 3.63) is 119 Å². The smallest absolute Gasteiger partial charge is 0.315 e. The molecule has 4 rings (SSSR count). The van der Waals surface area contributed by atoms with E-state index in [-0.39, 0.29) is 28.9 Å². The molecule has 4 aromatic carbocycles. The van der Waals surface area contributed by atoms with E-state index < -0.39 is 29.3 Å². The summed E-state index contributed by atoms with van der Waals surface area (Å²) in [4.78, 5) is 25.6. The molecule has 0 radical (unpaired) electrons. The lowest BCUT2D eigenvalue weighted by Gasteiger charge is -2.13. The zero-order chi connectivity index (χ0) is 24.9. The van der Waals surface area contributed by atoms with Gasteiger partial charge in [-0.05, 0) is 65.7 Å². The van der Waals surface area contributed by atoms with Gasteiger partial charge >= 0.3 is 5.97 Å². The monoisotopic (exact) mass is 495 g/mol. The van der Waals surface area contributed by atoms with Gasteiger partial charge in [-0.15, -0.1) is 0 Å². The number of carbonyl (C=O) groups excluding carboxylic acids is 2. The highest BCUT2D eigenvalue weighted by atomic mass is 35.5. The van der Waals surface area contributed by atoms with Gasteiger partial charge in [-0.1, -0.05) is 35.9 Å². The van der Waals surface area contributed by atoms with Crippen molar-refractivity contribution in [2.24, 2.45) is 0 Å². The van der Waals surface area contributed by atoms with Crippen LogP contribution in [-0.2, 0) is 11.2 Å². The van der Waals surface area contributed by atoms with Crippen LogP contribution in [0.2, 0.25) is 5.02 Å². The van der Waals surface area contributed by atoms with Gasteiger partial charge in [-0.3, -0.25) is 9.59 Å². The zero-order valence-corrected chi connectivity index (χ0v) is 18.8. The third-order valence-electron chi connectivity index (χ3n) is 5.03. The molecule has 0 aromatic heterocycles. The Labute approximate surface area is 203 Å². The summed E-state index contributed by atoms with van der Waals surface area (Å²) in [7, 11) is 0. The molecule has 176 valence electrons. The third kappa shape index (κ3) is 6.07. The molecule has 0 saturated carbocycles. The van der Waals surface area contributed by atoms with Gasteiger partial charge in [-0.2, -0.15) is 0 Å². The Balaban J connectivity index is 1.66. The Morgan fingerprint density at radius 3 is 2.29 bits per heavy atom. The molecule has 0 bridgehead atoms. The maximum absolute atomic E-state index is 14.4. The van der Waals surface area contributed by atoms with E-state index in [1.807, 2.05) is 0 Å². The summed E-state index contributed by atoms with van der Waals surface area (Å²) in [6.07, 6.45) is -0.163. The fourth-order valence-electron chi connectivity index (χ4n) is 3.38. The van der Waals surface area contributed by atoms with Crippen molar-refractivity contribution in [3.8, 4) is 16.9 Å². The summed E-state index contributed by atoms with van der Waals surface area (Å²) in [6.45, 7) is 0. The van der Waals surface area contributed by atoms with Gasteiger partial charge in [0.15, 0.2) is 0 Å². The molecule has 0 aliphatic carbocycles. The van der Waals surface area contributed by atoms with Crippen molar-refractivity contribution in [1.82, 2.24) is 0 Å². The molecule has 0 atom stereocenters. The minimum absolute atomic E-state index is 0.0568. The number of benzene rings is 4. The van der Waals surface area contributed by atoms with Crippen LogP contribution in [0.25, 0.3) is 11.1 Å². The summed E-state index contributed by atoms with van der Waals surface area (Å²) in [5, 5.41) is 3.06. The highest BCUT2D eigenvalue weighted by Gasteiger charge is 2.19. The first kappa shape index (κ1) is 24.0. The van der Waals surface area contributed by atoms with Crippen molar-refractivity contribution < 1.29 is 27.5 Å². The largest absolute Gasteiger partial charge is 0.425 e. The average Bonchev–Trinajstić information content (AvgIpc) is 2.81. The average molecular weight is 496 g/mol. The standard InChI is InChI=1S/C27H17ClF3NO3/c28-18-2-1-3-21(14-18)32-27(34)23-13-17(22-10-9-20(30)15-24(22)31)6-11-25(23)35-26(33)12-16-4-7-19(29)8-5-16/h1-11,13-15H,12H2,(H,32,34). The second kappa shape index (κ2) is 10.4. The van der Waals surface area contributed by atoms with Gasteiger partial charge in [0.25, 0.3) is 5.91 Å². The summed E-state index contributed by atoms with van der Waals surface area (Å²) in [5.74, 6) is -3.38. The van der Waals surface area contributed by atoms with Crippen molar-refractivity contribution in [2.75, 3.05) is 5.32 Å². The molecule has 1 amide bonds. The third-order valence-corrected chi connectivity index (χ3v) is 5.27. The van der Waals surface area contributed by atoms with Gasteiger partial charge in [0.05, 0.1) is 12.0 Å². The van der Waals surface area contributed by atoms with Gasteiger partial charge in [0, 0.05) is 22.3 Å². The number of rotatable bonds is 6. The summed E-state index contributed by atoms with van der Waals surface area (Å²) in [5.41, 5.74) is 1.19. The van der Waals surface area contributed by atoms with E-state index in [1.165, 1.54) is 54.6 Å². The molecular weight excluding hydrogens is 479 g/mol. The molecule has 0 saturated heterocycles. The van der Waals surface area contributed by atoms with E-state index in [4.69, 9.17) is 16.3 Å². The fraction of sp³-hybridized carbons (Fsp3) is 0.0370. The predicted molar refractivity (Wildman–Crippen MR) is 127 cm³/mol. The van der Waals surface area contributed by atoms with Crippen LogP contribution in [0.1, 0.15) is 15.9 Å². The van der Waals surface area contributed by atoms with Crippen molar-refractivity contribution in [1.29, 1.82) is 0 Å². The minimum Gasteiger partial charge on any atom is -0.425 e. The van der Waals surface area contributed by atoms with E-state index in [2.05, 4.69) is 5.32 Å². The first-order chi connectivity index (χ1) is 16.8. The Bertz CT molecular complexity index is 1410. The minimum atomic E-state index is -0.813. The molecule has 0 spiro atoms. The van der Waals surface area contributed by atoms with Crippen LogP contribution < -0.4 is 10.1 Å². The summed E-state index contributed by atoms with van der Waals surface area (Å²) in [6, 6.07) is 19.0. The lowest BCUT2D eigenvalue weighted by molar-refractivity contribution is -0.133. The molecular formula is C27H17ClF3NO3. The van der Waals surface area contributed by atoms with Crippen molar-refractivity contribution in [2.45, 2.75) is 6.42 Å². The number of nitrogens with one attached hydrogen (secondary N) is 1. The lowest BCUT2D eigenvalue weighted by atomic mass is 10.0. The molecule has 0 heterocycles. The number of hydrogen-bond donors (Lipinski definition) is 1. The van der Waals surface area contributed by atoms with Gasteiger partial charge < -0.3 is 10.1 Å². The Hall–Kier alpha value is -4.10. The van der Waals surface area contributed by atoms with Crippen LogP contribution in [0, 0.1) is 17.5 Å². The van der Waals surface area contributed by atoms with E-state index in [0.717, 1.165) is 12.1 Å².